The van der Waals surface area contributed by atoms with Crippen molar-refractivity contribution in [3.05, 3.63) is 53.1 Å². The van der Waals surface area contributed by atoms with E-state index in [2.05, 4.69) is 36.5 Å². The van der Waals surface area contributed by atoms with Crippen molar-refractivity contribution in [3.63, 3.8) is 0 Å². The van der Waals surface area contributed by atoms with Gasteiger partial charge in [0.15, 0.2) is 0 Å². The Labute approximate surface area is 119 Å². The number of unbranched alkanes of at least 4 members (excludes halogenated alkanes) is 1. The van der Waals surface area contributed by atoms with Gasteiger partial charge >= 0.3 is 0 Å². The Kier molecular flexibility index (Phi) is 4.69. The van der Waals surface area contributed by atoms with Gasteiger partial charge < -0.3 is 11.1 Å². The Morgan fingerprint density at radius 3 is 2.47 bits per heavy atom. The third-order valence-electron chi connectivity index (χ3n) is 3.09. The van der Waals surface area contributed by atoms with Crippen LogP contribution in [-0.2, 0) is 6.42 Å². The topological polar surface area (TPSA) is 38.0 Å². The number of nitrogens with two attached hydrogens (primary N) is 1. The number of nitrogens with one attached hydrogen (secondary N) is 1. The van der Waals surface area contributed by atoms with Gasteiger partial charge in [-0.25, -0.2) is 0 Å². The molecule has 0 aliphatic heterocycles. The minimum absolute atomic E-state index is 0.634. The van der Waals surface area contributed by atoms with Crippen LogP contribution in [0, 0.1) is 0 Å². The molecule has 0 saturated heterocycles. The number of para-hydroxylation sites is 1. The van der Waals surface area contributed by atoms with Gasteiger partial charge in [0, 0.05) is 5.69 Å². The maximum absolute atomic E-state index is 6.14. The normalized spacial score (nSPS) is 10.4. The average molecular weight is 275 g/mol. The van der Waals surface area contributed by atoms with Crippen molar-refractivity contribution < 1.29 is 0 Å². The molecule has 3 N–H and O–H groups in total. The van der Waals surface area contributed by atoms with Crippen molar-refractivity contribution >= 4 is 28.7 Å². The van der Waals surface area contributed by atoms with E-state index in [0.717, 1.165) is 17.8 Å². The molecule has 0 spiro atoms. The Balaban J connectivity index is 2.11. The van der Waals surface area contributed by atoms with Crippen LogP contribution in [0.15, 0.2) is 42.5 Å². The fourth-order valence-electron chi connectivity index (χ4n) is 1.95. The zero-order valence-corrected chi connectivity index (χ0v) is 11.9. The third kappa shape index (κ3) is 3.65. The molecule has 3 heteroatoms. The number of aryl methyl sites for hydroxylation is 1. The molecule has 0 aliphatic carbocycles. The predicted molar refractivity (Wildman–Crippen MR) is 84.2 cm³/mol. The molecule has 0 saturated carbocycles. The molecule has 0 aromatic heterocycles. The van der Waals surface area contributed by atoms with Crippen LogP contribution in [0.4, 0.5) is 17.1 Å². The monoisotopic (exact) mass is 274 g/mol. The molecule has 2 nitrogen and oxygen atoms in total. The zero-order chi connectivity index (χ0) is 13.7. The fraction of sp³-hybridized carbons (Fsp3) is 0.250. The highest BCUT2D eigenvalue weighted by Crippen LogP contribution is 2.30. The Hall–Kier alpha value is -1.67. The first-order valence-corrected chi connectivity index (χ1v) is 6.98. The van der Waals surface area contributed by atoms with Crippen molar-refractivity contribution in [2.45, 2.75) is 26.2 Å². The highest BCUT2D eigenvalue weighted by Gasteiger charge is 2.04. The number of nitrogen functional groups attached to an aromatic ring is 1. The van der Waals surface area contributed by atoms with Crippen LogP contribution < -0.4 is 11.1 Å². The van der Waals surface area contributed by atoms with Gasteiger partial charge in [-0.3, -0.25) is 0 Å². The quantitative estimate of drug-likeness (QED) is 0.752. The number of rotatable bonds is 5. The number of halogens is 1. The molecule has 100 valence electrons. The molecule has 0 aliphatic rings. The van der Waals surface area contributed by atoms with E-state index in [4.69, 9.17) is 17.3 Å². The van der Waals surface area contributed by atoms with E-state index < -0.39 is 0 Å². The van der Waals surface area contributed by atoms with Gasteiger partial charge in [0.2, 0.25) is 0 Å². The van der Waals surface area contributed by atoms with Gasteiger partial charge in [-0.15, -0.1) is 0 Å². The lowest BCUT2D eigenvalue weighted by atomic mass is 10.1. The summed E-state index contributed by atoms with van der Waals surface area (Å²) in [4.78, 5) is 0. The average Bonchev–Trinajstić information content (AvgIpc) is 2.42. The number of hydrogen-bond acceptors (Lipinski definition) is 2. The van der Waals surface area contributed by atoms with E-state index in [9.17, 15) is 0 Å². The minimum atomic E-state index is 0.634. The molecule has 2 aromatic rings. The van der Waals surface area contributed by atoms with E-state index in [1.807, 2.05) is 18.2 Å². The second-order valence-corrected chi connectivity index (χ2v) is 5.04. The number of anilines is 3. The van der Waals surface area contributed by atoms with Crippen molar-refractivity contribution in [1.29, 1.82) is 0 Å². The standard InChI is InChI=1S/C16H19ClN2/c1-2-3-5-12-8-10-13(11-9-12)19-16-14(17)6-4-7-15(16)18/h4,6-11,19H,2-3,5,18H2,1H3. The first-order valence-electron chi connectivity index (χ1n) is 6.60. The summed E-state index contributed by atoms with van der Waals surface area (Å²) >= 11 is 6.14. The summed E-state index contributed by atoms with van der Waals surface area (Å²) in [7, 11) is 0. The highest BCUT2D eigenvalue weighted by atomic mass is 35.5. The molecule has 0 bridgehead atoms. The molecule has 0 fully saturated rings. The lowest BCUT2D eigenvalue weighted by molar-refractivity contribution is 0.795. The van der Waals surface area contributed by atoms with Gasteiger partial charge in [0.25, 0.3) is 0 Å². The summed E-state index contributed by atoms with van der Waals surface area (Å²) in [6, 6.07) is 13.9. The Morgan fingerprint density at radius 1 is 1.11 bits per heavy atom. The lowest BCUT2D eigenvalue weighted by Crippen LogP contribution is -1.97. The molecular weight excluding hydrogens is 256 g/mol. The van der Waals surface area contributed by atoms with E-state index in [0.29, 0.717) is 10.7 Å². The maximum atomic E-state index is 6.14. The summed E-state index contributed by atoms with van der Waals surface area (Å²) in [6.07, 6.45) is 3.57. The molecule has 0 amide bonds. The van der Waals surface area contributed by atoms with Gasteiger partial charge in [0.1, 0.15) is 0 Å². The zero-order valence-electron chi connectivity index (χ0n) is 11.1. The van der Waals surface area contributed by atoms with Crippen LogP contribution in [0.2, 0.25) is 5.02 Å². The largest absolute Gasteiger partial charge is 0.397 e. The maximum Gasteiger partial charge on any atom is 0.0807 e. The van der Waals surface area contributed by atoms with E-state index in [1.165, 1.54) is 18.4 Å². The van der Waals surface area contributed by atoms with Crippen molar-refractivity contribution in [2.75, 3.05) is 11.1 Å². The van der Waals surface area contributed by atoms with E-state index >= 15 is 0 Å². The first kappa shape index (κ1) is 13.8. The van der Waals surface area contributed by atoms with Crippen LogP contribution in [0.1, 0.15) is 25.3 Å². The minimum Gasteiger partial charge on any atom is -0.397 e. The molecule has 0 unspecified atom stereocenters. The van der Waals surface area contributed by atoms with Gasteiger partial charge in [-0.1, -0.05) is 43.1 Å². The summed E-state index contributed by atoms with van der Waals surface area (Å²) in [6.45, 7) is 2.20. The van der Waals surface area contributed by atoms with Crippen LogP contribution in [0.5, 0.6) is 0 Å². The summed E-state index contributed by atoms with van der Waals surface area (Å²) in [5.41, 5.74) is 9.70. The van der Waals surface area contributed by atoms with Crippen molar-refractivity contribution in [1.82, 2.24) is 0 Å². The second kappa shape index (κ2) is 6.48. The molecule has 19 heavy (non-hydrogen) atoms. The molecule has 0 heterocycles. The SMILES string of the molecule is CCCCc1ccc(Nc2c(N)cccc2Cl)cc1. The first-order chi connectivity index (χ1) is 9.20. The summed E-state index contributed by atoms with van der Waals surface area (Å²) < 4.78 is 0. The van der Waals surface area contributed by atoms with E-state index in [1.54, 1.807) is 0 Å². The smallest absolute Gasteiger partial charge is 0.0807 e. The van der Waals surface area contributed by atoms with Crippen molar-refractivity contribution in [3.8, 4) is 0 Å². The lowest BCUT2D eigenvalue weighted by Gasteiger charge is -2.11. The molecule has 2 aromatic carbocycles. The molecule has 2 rings (SSSR count). The van der Waals surface area contributed by atoms with Crippen LogP contribution in [-0.4, -0.2) is 0 Å². The molecule has 0 atom stereocenters. The second-order valence-electron chi connectivity index (χ2n) is 4.63. The van der Waals surface area contributed by atoms with Crippen LogP contribution >= 0.6 is 11.6 Å². The van der Waals surface area contributed by atoms with Gasteiger partial charge in [-0.2, -0.15) is 0 Å². The molecular formula is C16H19ClN2. The number of benzene rings is 2. The van der Waals surface area contributed by atoms with Crippen molar-refractivity contribution in [2.24, 2.45) is 0 Å². The van der Waals surface area contributed by atoms with Crippen LogP contribution in [0.3, 0.4) is 0 Å². The Bertz CT molecular complexity index is 515. The third-order valence-corrected chi connectivity index (χ3v) is 3.40. The van der Waals surface area contributed by atoms with Crippen LogP contribution in [0.25, 0.3) is 0 Å². The fourth-order valence-corrected chi connectivity index (χ4v) is 2.18. The summed E-state index contributed by atoms with van der Waals surface area (Å²) in [5, 5.41) is 3.90. The molecule has 0 radical (unpaired) electrons. The number of hydrogen-bond donors (Lipinski definition) is 2. The Morgan fingerprint density at radius 2 is 1.84 bits per heavy atom. The summed E-state index contributed by atoms with van der Waals surface area (Å²) in [5.74, 6) is 0. The highest BCUT2D eigenvalue weighted by molar-refractivity contribution is 6.34. The van der Waals surface area contributed by atoms with E-state index in [-0.39, 0.29) is 0 Å². The van der Waals surface area contributed by atoms with Gasteiger partial charge in [-0.05, 0) is 42.7 Å². The predicted octanol–water partition coefficient (Wildman–Crippen LogP) is 5.01. The van der Waals surface area contributed by atoms with Gasteiger partial charge in [0.05, 0.1) is 16.4 Å².